The molecule has 0 aliphatic heterocycles. The van der Waals surface area contributed by atoms with Crippen LogP contribution in [-0.2, 0) is 0 Å². The normalized spacial score (nSPS) is 10.5. The van der Waals surface area contributed by atoms with E-state index in [1.54, 1.807) is 36.5 Å². The van der Waals surface area contributed by atoms with Gasteiger partial charge in [-0.05, 0) is 73.1 Å². The molecule has 7 nitrogen and oxygen atoms in total. The van der Waals surface area contributed by atoms with Crippen LogP contribution in [0.5, 0.6) is 5.75 Å². The van der Waals surface area contributed by atoms with Crippen molar-refractivity contribution in [1.82, 2.24) is 9.97 Å². The number of aromatic nitrogens is 2. The number of nitrogens with one attached hydrogen (secondary N) is 1. The third kappa shape index (κ3) is 4.72. The molecule has 3 N–H and O–H groups in total. The Balaban J connectivity index is 1.61. The van der Waals surface area contributed by atoms with Gasteiger partial charge in [0.05, 0.1) is 18.2 Å². The first-order chi connectivity index (χ1) is 15.7. The van der Waals surface area contributed by atoms with E-state index in [1.165, 1.54) is 0 Å². The smallest absolute Gasteiger partial charge is 0.256 e. The third-order valence-electron chi connectivity index (χ3n) is 4.88. The van der Waals surface area contributed by atoms with Crippen LogP contribution in [-0.4, -0.2) is 29.0 Å². The molecule has 2 heterocycles. The molecule has 32 heavy (non-hydrogen) atoms. The second kappa shape index (κ2) is 9.69. The molecule has 2 aromatic heterocycles. The lowest BCUT2D eigenvalue weighted by molar-refractivity contribution is 0.102. The van der Waals surface area contributed by atoms with Crippen LogP contribution < -0.4 is 15.8 Å². The predicted molar refractivity (Wildman–Crippen MR) is 123 cm³/mol. The zero-order valence-electron chi connectivity index (χ0n) is 17.3. The van der Waals surface area contributed by atoms with Crippen LogP contribution in [0.4, 0.5) is 5.82 Å². The molecule has 2 aromatic carbocycles. The Kier molecular flexibility index (Phi) is 6.35. The number of fused-ring (bicyclic) bond motifs is 1. The molecular weight excluding hydrogens is 402 g/mol. The molecule has 158 valence electrons. The van der Waals surface area contributed by atoms with Crippen molar-refractivity contribution >= 4 is 22.8 Å². The molecule has 0 unspecified atom stereocenters. The van der Waals surface area contributed by atoms with Gasteiger partial charge in [-0.2, -0.15) is 5.26 Å². The minimum atomic E-state index is -0.303. The van der Waals surface area contributed by atoms with Crippen LogP contribution in [0.2, 0.25) is 0 Å². The summed E-state index contributed by atoms with van der Waals surface area (Å²) in [6.45, 7) is 0.941. The largest absolute Gasteiger partial charge is 0.493 e. The summed E-state index contributed by atoms with van der Waals surface area (Å²) < 4.78 is 5.94. The molecule has 0 aliphatic carbocycles. The van der Waals surface area contributed by atoms with Crippen molar-refractivity contribution in [2.24, 2.45) is 5.73 Å². The Morgan fingerprint density at radius 2 is 1.94 bits per heavy atom. The van der Waals surface area contributed by atoms with E-state index in [2.05, 4.69) is 21.4 Å². The minimum absolute atomic E-state index is 0.303. The molecule has 7 heteroatoms. The average molecular weight is 423 g/mol. The van der Waals surface area contributed by atoms with Gasteiger partial charge in [-0.3, -0.25) is 4.79 Å². The van der Waals surface area contributed by atoms with Crippen molar-refractivity contribution in [2.75, 3.05) is 18.5 Å². The zero-order chi connectivity index (χ0) is 22.3. The molecule has 0 saturated carbocycles. The van der Waals surface area contributed by atoms with Crippen LogP contribution in [0.3, 0.4) is 0 Å². The van der Waals surface area contributed by atoms with Crippen molar-refractivity contribution in [3.8, 4) is 22.9 Å². The van der Waals surface area contributed by atoms with Crippen LogP contribution in [0.25, 0.3) is 22.2 Å². The number of amides is 1. The molecule has 0 saturated heterocycles. The Morgan fingerprint density at radius 3 is 2.72 bits per heavy atom. The maximum Gasteiger partial charge on any atom is 0.256 e. The number of nitrogens with zero attached hydrogens (tertiary/aromatic N) is 3. The first kappa shape index (κ1) is 21.0. The molecule has 0 atom stereocenters. The van der Waals surface area contributed by atoms with Gasteiger partial charge < -0.3 is 15.8 Å². The summed E-state index contributed by atoms with van der Waals surface area (Å²) in [5.41, 5.74) is 8.89. The Labute approximate surface area is 185 Å². The topological polar surface area (TPSA) is 114 Å². The highest BCUT2D eigenvalue weighted by Gasteiger charge is 2.14. The summed E-state index contributed by atoms with van der Waals surface area (Å²) in [7, 11) is 0. The highest BCUT2D eigenvalue weighted by molar-refractivity contribution is 6.04. The molecule has 0 aliphatic rings. The standard InChI is InChI=1S/C25H21N5O2/c26-12-2-14-32-22-15-20(8-10-21(22)18-6-4-17(16-27)5-7-18)25(31)30-23-11-9-19-3-1-13-28-24(19)29-23/h1,3-11,13,15H,2,12,14,26H2,(H,28,29,30,31). The Bertz CT molecular complexity index is 1300. The molecule has 0 bridgehead atoms. The first-order valence-electron chi connectivity index (χ1n) is 10.2. The summed E-state index contributed by atoms with van der Waals surface area (Å²) in [5, 5.41) is 12.7. The second-order valence-electron chi connectivity index (χ2n) is 7.09. The fraction of sp³-hybridized carbons (Fsp3) is 0.120. The number of ether oxygens (including phenoxy) is 1. The number of hydrogen-bond acceptors (Lipinski definition) is 6. The second-order valence-corrected chi connectivity index (χ2v) is 7.09. The Morgan fingerprint density at radius 1 is 1.09 bits per heavy atom. The number of pyridine rings is 2. The number of hydrogen-bond donors (Lipinski definition) is 2. The van der Waals surface area contributed by atoms with Gasteiger partial charge in [-0.15, -0.1) is 0 Å². The van der Waals surface area contributed by atoms with Crippen molar-refractivity contribution in [3.63, 3.8) is 0 Å². The van der Waals surface area contributed by atoms with E-state index in [1.807, 2.05) is 36.4 Å². The summed E-state index contributed by atoms with van der Waals surface area (Å²) in [5.74, 6) is 0.690. The van der Waals surface area contributed by atoms with E-state index in [0.717, 1.165) is 16.5 Å². The number of nitrogens with two attached hydrogens (primary N) is 1. The van der Waals surface area contributed by atoms with Crippen molar-refractivity contribution in [2.45, 2.75) is 6.42 Å². The maximum atomic E-state index is 12.9. The molecule has 0 spiro atoms. The van der Waals surface area contributed by atoms with Crippen LogP contribution in [0.1, 0.15) is 22.3 Å². The molecular formula is C25H21N5O2. The number of benzene rings is 2. The minimum Gasteiger partial charge on any atom is -0.493 e. The van der Waals surface area contributed by atoms with Crippen LogP contribution in [0.15, 0.2) is 72.9 Å². The van der Waals surface area contributed by atoms with Gasteiger partial charge in [-0.25, -0.2) is 9.97 Å². The van der Waals surface area contributed by atoms with E-state index in [0.29, 0.717) is 47.9 Å². The summed E-state index contributed by atoms with van der Waals surface area (Å²) >= 11 is 0. The van der Waals surface area contributed by atoms with Crippen molar-refractivity contribution in [1.29, 1.82) is 5.26 Å². The van der Waals surface area contributed by atoms with Crippen LogP contribution in [0, 0.1) is 11.3 Å². The number of carbonyl (C=O) groups is 1. The predicted octanol–water partition coefficient (Wildman–Crippen LogP) is 4.15. The number of carbonyl (C=O) groups excluding carboxylic acids is 1. The lowest BCUT2D eigenvalue weighted by Gasteiger charge is -2.14. The maximum absolute atomic E-state index is 12.9. The quantitative estimate of drug-likeness (QED) is 0.432. The van der Waals surface area contributed by atoms with Crippen molar-refractivity contribution in [3.05, 3.63) is 84.1 Å². The summed E-state index contributed by atoms with van der Waals surface area (Å²) in [6, 6.07) is 22.0. The molecule has 1 amide bonds. The molecule has 0 fully saturated rings. The molecule has 0 radical (unpaired) electrons. The monoisotopic (exact) mass is 423 g/mol. The number of rotatable bonds is 7. The van der Waals surface area contributed by atoms with Gasteiger partial charge >= 0.3 is 0 Å². The average Bonchev–Trinajstić information content (AvgIpc) is 2.84. The van der Waals surface area contributed by atoms with E-state index < -0.39 is 0 Å². The van der Waals surface area contributed by atoms with Crippen molar-refractivity contribution < 1.29 is 9.53 Å². The SMILES string of the molecule is N#Cc1ccc(-c2ccc(C(=O)Nc3ccc4cccnc4n3)cc2OCCCN)cc1. The molecule has 4 aromatic rings. The van der Waals surface area contributed by atoms with Gasteiger partial charge in [0.1, 0.15) is 11.6 Å². The van der Waals surface area contributed by atoms with Gasteiger partial charge in [0, 0.05) is 22.7 Å². The van der Waals surface area contributed by atoms with E-state index in [-0.39, 0.29) is 5.91 Å². The lowest BCUT2D eigenvalue weighted by Crippen LogP contribution is -2.14. The van der Waals surface area contributed by atoms with Gasteiger partial charge in [0.2, 0.25) is 0 Å². The van der Waals surface area contributed by atoms with E-state index in [4.69, 9.17) is 15.7 Å². The van der Waals surface area contributed by atoms with Gasteiger partial charge in [-0.1, -0.05) is 12.1 Å². The van der Waals surface area contributed by atoms with Gasteiger partial charge in [0.25, 0.3) is 5.91 Å². The highest BCUT2D eigenvalue weighted by atomic mass is 16.5. The van der Waals surface area contributed by atoms with E-state index >= 15 is 0 Å². The fourth-order valence-corrected chi connectivity index (χ4v) is 3.22. The van der Waals surface area contributed by atoms with Gasteiger partial charge in [0.15, 0.2) is 5.65 Å². The van der Waals surface area contributed by atoms with E-state index in [9.17, 15) is 4.79 Å². The lowest BCUT2D eigenvalue weighted by atomic mass is 10.0. The fourth-order valence-electron chi connectivity index (χ4n) is 3.22. The zero-order valence-corrected chi connectivity index (χ0v) is 17.3. The molecule has 4 rings (SSSR count). The summed E-state index contributed by atoms with van der Waals surface area (Å²) in [4.78, 5) is 21.5. The Hall–Kier alpha value is -4.28. The highest BCUT2D eigenvalue weighted by Crippen LogP contribution is 2.32. The number of nitriles is 1. The van der Waals surface area contributed by atoms with Crippen LogP contribution >= 0.6 is 0 Å². The first-order valence-corrected chi connectivity index (χ1v) is 10.2. The summed E-state index contributed by atoms with van der Waals surface area (Å²) in [6.07, 6.45) is 2.35. The number of anilines is 1. The third-order valence-corrected chi connectivity index (χ3v) is 4.88.